The van der Waals surface area contributed by atoms with Gasteiger partial charge in [0.2, 0.25) is 5.91 Å². The summed E-state index contributed by atoms with van der Waals surface area (Å²) in [4.78, 5) is 40.3. The number of carbonyl (C=O) groups excluding carboxylic acids is 3. The van der Waals surface area contributed by atoms with Crippen molar-refractivity contribution >= 4 is 29.3 Å². The summed E-state index contributed by atoms with van der Waals surface area (Å²) >= 11 is 5.92. The molecule has 3 amide bonds. The minimum Gasteiger partial charge on any atom is -0.354 e. The van der Waals surface area contributed by atoms with Crippen LogP contribution >= 0.6 is 11.6 Å². The lowest BCUT2D eigenvalue weighted by Gasteiger charge is -2.36. The third-order valence-electron chi connectivity index (χ3n) is 5.79. The van der Waals surface area contributed by atoms with Crippen molar-refractivity contribution in [2.75, 3.05) is 19.6 Å². The van der Waals surface area contributed by atoms with Crippen LogP contribution in [0.5, 0.6) is 0 Å². The predicted molar refractivity (Wildman–Crippen MR) is 126 cm³/mol. The molecule has 2 aromatic rings. The maximum Gasteiger partial charge on any atom is 0.253 e. The van der Waals surface area contributed by atoms with Crippen LogP contribution in [-0.2, 0) is 4.79 Å². The molecule has 1 atom stereocenters. The number of hydrogen-bond donors (Lipinski definition) is 2. The first-order valence-corrected chi connectivity index (χ1v) is 11.5. The number of rotatable bonds is 7. The molecular formula is C25H30ClN3O3. The van der Waals surface area contributed by atoms with Crippen LogP contribution in [0.25, 0.3) is 0 Å². The lowest BCUT2D eigenvalue weighted by molar-refractivity contribution is -0.124. The molecule has 7 heteroatoms. The number of benzene rings is 2. The van der Waals surface area contributed by atoms with Gasteiger partial charge in [-0.1, -0.05) is 36.2 Å². The lowest BCUT2D eigenvalue weighted by atomic mass is 9.88. The molecule has 1 unspecified atom stereocenters. The molecule has 0 radical (unpaired) electrons. The minimum absolute atomic E-state index is 0.0455. The van der Waals surface area contributed by atoms with E-state index < -0.39 is 6.04 Å². The molecule has 0 aromatic heterocycles. The fourth-order valence-electron chi connectivity index (χ4n) is 3.98. The van der Waals surface area contributed by atoms with Gasteiger partial charge in [0.1, 0.15) is 6.04 Å². The summed E-state index contributed by atoms with van der Waals surface area (Å²) in [6, 6.07) is 13.5. The summed E-state index contributed by atoms with van der Waals surface area (Å²) in [6.45, 7) is 5.54. The molecule has 0 aliphatic carbocycles. The van der Waals surface area contributed by atoms with E-state index in [0.29, 0.717) is 48.6 Å². The Kier molecular flexibility index (Phi) is 8.28. The van der Waals surface area contributed by atoms with Crippen LogP contribution in [0.4, 0.5) is 0 Å². The molecule has 0 spiro atoms. The Balaban J connectivity index is 1.67. The van der Waals surface area contributed by atoms with Gasteiger partial charge >= 0.3 is 0 Å². The van der Waals surface area contributed by atoms with E-state index in [1.54, 1.807) is 35.2 Å². The van der Waals surface area contributed by atoms with Crippen molar-refractivity contribution in [3.05, 3.63) is 70.2 Å². The molecule has 1 aliphatic heterocycles. The molecule has 1 saturated heterocycles. The number of nitrogens with one attached hydrogen (secondary N) is 2. The first kappa shape index (κ1) is 23.8. The van der Waals surface area contributed by atoms with Gasteiger partial charge in [-0.25, -0.2) is 0 Å². The highest BCUT2D eigenvalue weighted by Crippen LogP contribution is 2.23. The van der Waals surface area contributed by atoms with E-state index in [1.165, 1.54) is 0 Å². The number of halogens is 1. The summed E-state index contributed by atoms with van der Waals surface area (Å²) < 4.78 is 0. The summed E-state index contributed by atoms with van der Waals surface area (Å²) in [5.74, 6) is -0.522. The molecule has 0 saturated carbocycles. The highest BCUT2D eigenvalue weighted by molar-refractivity contribution is 6.30. The second-order valence-corrected chi connectivity index (χ2v) is 8.68. The Hall–Kier alpha value is -2.86. The number of hydrogen-bond acceptors (Lipinski definition) is 3. The highest BCUT2D eigenvalue weighted by Gasteiger charge is 2.34. The van der Waals surface area contributed by atoms with Crippen LogP contribution in [-0.4, -0.2) is 48.3 Å². The number of carbonyl (C=O) groups is 3. The predicted octanol–water partition coefficient (Wildman–Crippen LogP) is 3.83. The van der Waals surface area contributed by atoms with Gasteiger partial charge in [-0.3, -0.25) is 14.4 Å². The third-order valence-corrected chi connectivity index (χ3v) is 6.04. The Labute approximate surface area is 194 Å². The van der Waals surface area contributed by atoms with Gasteiger partial charge in [0.25, 0.3) is 11.8 Å². The third kappa shape index (κ3) is 6.10. The second-order valence-electron chi connectivity index (χ2n) is 8.25. The van der Waals surface area contributed by atoms with Crippen molar-refractivity contribution in [1.82, 2.24) is 15.5 Å². The Morgan fingerprint density at radius 2 is 1.75 bits per heavy atom. The average Bonchev–Trinajstić information content (AvgIpc) is 2.81. The molecule has 2 N–H and O–H groups in total. The van der Waals surface area contributed by atoms with Gasteiger partial charge in [-0.05, 0) is 68.5 Å². The first-order chi connectivity index (χ1) is 15.4. The highest BCUT2D eigenvalue weighted by atomic mass is 35.5. The molecule has 1 aliphatic rings. The van der Waals surface area contributed by atoms with Gasteiger partial charge in [0, 0.05) is 35.8 Å². The zero-order chi connectivity index (χ0) is 23.1. The molecule has 1 fully saturated rings. The van der Waals surface area contributed by atoms with Gasteiger partial charge in [-0.2, -0.15) is 0 Å². The quantitative estimate of drug-likeness (QED) is 0.666. The monoisotopic (exact) mass is 455 g/mol. The summed E-state index contributed by atoms with van der Waals surface area (Å²) in [6.07, 6.45) is 2.09. The number of nitrogens with zero attached hydrogens (tertiary/aromatic N) is 1. The molecule has 1 heterocycles. The van der Waals surface area contributed by atoms with Crippen LogP contribution < -0.4 is 10.6 Å². The summed E-state index contributed by atoms with van der Waals surface area (Å²) in [5.41, 5.74) is 2.12. The maximum atomic E-state index is 12.9. The Morgan fingerprint density at radius 3 is 2.38 bits per heavy atom. The zero-order valence-electron chi connectivity index (χ0n) is 18.6. The van der Waals surface area contributed by atoms with Crippen LogP contribution in [0.1, 0.15) is 52.5 Å². The van der Waals surface area contributed by atoms with Crippen molar-refractivity contribution in [2.24, 2.45) is 5.92 Å². The van der Waals surface area contributed by atoms with E-state index in [9.17, 15) is 14.4 Å². The van der Waals surface area contributed by atoms with Gasteiger partial charge in [-0.15, -0.1) is 0 Å². The Bertz CT molecular complexity index is 953. The molecule has 3 rings (SSSR count). The van der Waals surface area contributed by atoms with Gasteiger partial charge < -0.3 is 15.5 Å². The van der Waals surface area contributed by atoms with E-state index in [4.69, 9.17) is 11.6 Å². The number of piperidine rings is 1. The van der Waals surface area contributed by atoms with Crippen molar-refractivity contribution in [1.29, 1.82) is 0 Å². The summed E-state index contributed by atoms with van der Waals surface area (Å²) in [5, 5.41) is 6.46. The topological polar surface area (TPSA) is 78.5 Å². The normalized spacial score (nSPS) is 15.2. The van der Waals surface area contributed by atoms with Crippen molar-refractivity contribution in [2.45, 2.75) is 39.2 Å². The number of amides is 3. The van der Waals surface area contributed by atoms with Crippen LogP contribution in [0, 0.1) is 12.8 Å². The van der Waals surface area contributed by atoms with E-state index in [0.717, 1.165) is 12.0 Å². The molecule has 2 aromatic carbocycles. The largest absolute Gasteiger partial charge is 0.354 e. The van der Waals surface area contributed by atoms with Crippen LogP contribution in [0.2, 0.25) is 5.02 Å². The lowest BCUT2D eigenvalue weighted by Crippen LogP contribution is -2.54. The van der Waals surface area contributed by atoms with E-state index >= 15 is 0 Å². The van der Waals surface area contributed by atoms with Gasteiger partial charge in [0.15, 0.2) is 0 Å². The molecule has 170 valence electrons. The first-order valence-electron chi connectivity index (χ1n) is 11.1. The van der Waals surface area contributed by atoms with E-state index in [-0.39, 0.29) is 23.6 Å². The average molecular weight is 456 g/mol. The van der Waals surface area contributed by atoms with Crippen molar-refractivity contribution < 1.29 is 14.4 Å². The Morgan fingerprint density at radius 1 is 1.06 bits per heavy atom. The summed E-state index contributed by atoms with van der Waals surface area (Å²) in [7, 11) is 0. The van der Waals surface area contributed by atoms with Crippen molar-refractivity contribution in [3.63, 3.8) is 0 Å². The molecule has 32 heavy (non-hydrogen) atoms. The van der Waals surface area contributed by atoms with Crippen LogP contribution in [0.3, 0.4) is 0 Å². The van der Waals surface area contributed by atoms with Gasteiger partial charge in [0.05, 0.1) is 0 Å². The van der Waals surface area contributed by atoms with E-state index in [1.807, 2.05) is 32.0 Å². The fraction of sp³-hybridized carbons (Fsp3) is 0.400. The molecule has 0 bridgehead atoms. The number of likely N-dealkylation sites (tertiary alicyclic amines) is 1. The molecular weight excluding hydrogens is 426 g/mol. The maximum absolute atomic E-state index is 12.9. The minimum atomic E-state index is -0.637. The smallest absolute Gasteiger partial charge is 0.253 e. The SMILES string of the molecule is CCCNC(=O)C(NC(=O)c1cccc(C)c1)C1CCN(C(=O)c2ccc(Cl)cc2)CC1. The van der Waals surface area contributed by atoms with Crippen molar-refractivity contribution in [3.8, 4) is 0 Å². The van der Waals surface area contributed by atoms with Crippen LogP contribution in [0.15, 0.2) is 48.5 Å². The number of aryl methyl sites for hydroxylation is 1. The standard InChI is InChI=1S/C25H30ClN3O3/c1-3-13-27-24(31)22(28-23(30)20-6-4-5-17(2)16-20)18-11-14-29(15-12-18)25(32)19-7-9-21(26)10-8-19/h4-10,16,18,22H,3,11-15H2,1-2H3,(H,27,31)(H,28,30). The molecule has 6 nitrogen and oxygen atoms in total. The van der Waals surface area contributed by atoms with E-state index in [2.05, 4.69) is 10.6 Å². The zero-order valence-corrected chi connectivity index (χ0v) is 19.3. The second kappa shape index (κ2) is 11.1. The fourth-order valence-corrected chi connectivity index (χ4v) is 4.10.